The van der Waals surface area contributed by atoms with Gasteiger partial charge >= 0.3 is 16.2 Å². The Morgan fingerprint density at radius 2 is 2.08 bits per heavy atom. The van der Waals surface area contributed by atoms with E-state index in [0.29, 0.717) is 10.9 Å². The van der Waals surface area contributed by atoms with Crippen LogP contribution in [0, 0.1) is 5.92 Å². The summed E-state index contributed by atoms with van der Waals surface area (Å²) < 4.78 is 31.6. The highest BCUT2D eigenvalue weighted by atomic mass is 32.2. The number of carbonyl (C=O) groups is 2. The lowest BCUT2D eigenvalue weighted by atomic mass is 10.2. The van der Waals surface area contributed by atoms with Gasteiger partial charge in [-0.15, -0.1) is 0 Å². The second-order valence-corrected chi connectivity index (χ2v) is 7.74. The molecule has 134 valence electrons. The highest BCUT2D eigenvalue weighted by Gasteiger charge is 2.35. The lowest BCUT2D eigenvalue weighted by Gasteiger charge is -2.16. The summed E-state index contributed by atoms with van der Waals surface area (Å²) >= 11 is 0. The number of benzene rings is 1. The third kappa shape index (κ3) is 3.25. The van der Waals surface area contributed by atoms with Crippen molar-refractivity contribution >= 4 is 38.7 Å². The molecule has 1 aromatic carbocycles. The zero-order valence-corrected chi connectivity index (χ0v) is 14.4. The molecule has 9 nitrogen and oxygen atoms in total. The van der Waals surface area contributed by atoms with Gasteiger partial charge in [0.15, 0.2) is 0 Å². The van der Waals surface area contributed by atoms with E-state index >= 15 is 0 Å². The predicted octanol–water partition coefficient (Wildman–Crippen LogP) is 0.867. The maximum Gasteiger partial charge on any atom is 0.354 e. The number of fused-ring (bicyclic) bond motifs is 1. The van der Waals surface area contributed by atoms with Crippen molar-refractivity contribution in [3.63, 3.8) is 0 Å². The molecular formula is C15H17N3O6S. The minimum Gasteiger partial charge on any atom is -0.506 e. The van der Waals surface area contributed by atoms with E-state index in [1.165, 1.54) is 18.2 Å². The average molecular weight is 367 g/mol. The van der Waals surface area contributed by atoms with Gasteiger partial charge in [-0.2, -0.15) is 8.42 Å². The monoisotopic (exact) mass is 367 g/mol. The molecule has 2 heterocycles. The number of hydrogen-bond donors (Lipinski definition) is 3. The van der Waals surface area contributed by atoms with Crippen molar-refractivity contribution < 1.29 is 27.9 Å². The normalized spacial score (nSPS) is 16.4. The van der Waals surface area contributed by atoms with Crippen molar-refractivity contribution in [2.75, 3.05) is 17.5 Å². The van der Waals surface area contributed by atoms with Crippen LogP contribution in [0.2, 0.25) is 0 Å². The number of nitrogens with zero attached hydrogens (tertiary/aromatic N) is 1. The van der Waals surface area contributed by atoms with Gasteiger partial charge in [0.25, 0.3) is 5.91 Å². The number of aromatic nitrogens is 1. The number of carbonyl (C=O) groups excluding carboxylic acids is 2. The third-order valence-corrected chi connectivity index (χ3v) is 4.96. The maximum atomic E-state index is 12.0. The SMILES string of the molecule is CC(C)COC(=O)c1cc2cc(O)c(N3CC(=O)NS3(=O)=O)cc2[nH]1. The Labute approximate surface area is 143 Å². The molecule has 1 fully saturated rings. The first-order valence-corrected chi connectivity index (χ1v) is 8.97. The first kappa shape index (κ1) is 17.1. The minimum atomic E-state index is -4.04. The van der Waals surface area contributed by atoms with Crippen LogP contribution in [-0.4, -0.2) is 43.5 Å². The number of amides is 1. The van der Waals surface area contributed by atoms with Crippen LogP contribution in [0.3, 0.4) is 0 Å². The van der Waals surface area contributed by atoms with E-state index in [0.717, 1.165) is 4.31 Å². The van der Waals surface area contributed by atoms with Gasteiger partial charge in [0.2, 0.25) is 0 Å². The van der Waals surface area contributed by atoms with Crippen LogP contribution in [0.4, 0.5) is 5.69 Å². The van der Waals surface area contributed by atoms with Crippen molar-refractivity contribution in [2.45, 2.75) is 13.8 Å². The van der Waals surface area contributed by atoms with Gasteiger partial charge in [-0.05, 0) is 24.1 Å². The van der Waals surface area contributed by atoms with Crippen LogP contribution in [0.1, 0.15) is 24.3 Å². The van der Waals surface area contributed by atoms with E-state index in [-0.39, 0.29) is 29.7 Å². The fraction of sp³-hybridized carbons (Fsp3) is 0.333. The summed E-state index contributed by atoms with van der Waals surface area (Å²) in [5, 5.41) is 10.6. The molecule has 1 saturated heterocycles. The number of esters is 1. The molecule has 2 aromatic rings. The smallest absolute Gasteiger partial charge is 0.354 e. The number of rotatable bonds is 4. The largest absolute Gasteiger partial charge is 0.506 e. The van der Waals surface area contributed by atoms with Crippen molar-refractivity contribution in [3.05, 3.63) is 23.9 Å². The summed E-state index contributed by atoms with van der Waals surface area (Å²) in [5.41, 5.74) is 0.555. The lowest BCUT2D eigenvalue weighted by Crippen LogP contribution is -2.29. The fourth-order valence-corrected chi connectivity index (χ4v) is 3.60. The molecule has 1 aromatic heterocycles. The summed E-state index contributed by atoms with van der Waals surface area (Å²) in [4.78, 5) is 26.2. The molecule has 0 bridgehead atoms. The Bertz CT molecular complexity index is 963. The van der Waals surface area contributed by atoms with Gasteiger partial charge in [0.1, 0.15) is 18.0 Å². The van der Waals surface area contributed by atoms with Gasteiger partial charge in [-0.25, -0.2) is 13.8 Å². The van der Waals surface area contributed by atoms with Crippen LogP contribution < -0.4 is 9.03 Å². The van der Waals surface area contributed by atoms with Crippen LogP contribution in [0.15, 0.2) is 18.2 Å². The molecule has 1 amide bonds. The summed E-state index contributed by atoms with van der Waals surface area (Å²) in [7, 11) is -4.04. The minimum absolute atomic E-state index is 0.0604. The molecule has 25 heavy (non-hydrogen) atoms. The molecule has 3 N–H and O–H groups in total. The summed E-state index contributed by atoms with van der Waals surface area (Å²) in [6.07, 6.45) is 0. The Balaban J connectivity index is 1.97. The van der Waals surface area contributed by atoms with Crippen molar-refractivity contribution in [1.29, 1.82) is 0 Å². The van der Waals surface area contributed by atoms with Gasteiger partial charge < -0.3 is 14.8 Å². The van der Waals surface area contributed by atoms with E-state index in [4.69, 9.17) is 4.74 Å². The summed E-state index contributed by atoms with van der Waals surface area (Å²) in [6.45, 7) is 3.67. The Hall–Kier alpha value is -2.75. The Morgan fingerprint density at radius 1 is 1.36 bits per heavy atom. The van der Waals surface area contributed by atoms with Gasteiger partial charge in [0, 0.05) is 10.9 Å². The van der Waals surface area contributed by atoms with E-state index in [2.05, 4.69) is 4.98 Å². The number of anilines is 1. The standard InChI is InChI=1S/C15H17N3O6S/c1-8(2)7-24-15(21)11-3-9-4-13(19)12(5-10(9)16-11)18-6-14(20)17-25(18,22)23/h3-5,8,16,19H,6-7H2,1-2H3,(H,17,20). The van der Waals surface area contributed by atoms with Crippen LogP contribution in [-0.2, 0) is 19.7 Å². The molecule has 3 rings (SSSR count). The first-order chi connectivity index (χ1) is 11.7. The maximum absolute atomic E-state index is 12.0. The summed E-state index contributed by atoms with van der Waals surface area (Å²) in [5.74, 6) is -1.37. The number of ether oxygens (including phenoxy) is 1. The predicted molar refractivity (Wildman–Crippen MR) is 89.5 cm³/mol. The van der Waals surface area contributed by atoms with E-state index in [9.17, 15) is 23.1 Å². The Morgan fingerprint density at radius 3 is 2.68 bits per heavy atom. The van der Waals surface area contributed by atoms with Crippen LogP contribution >= 0.6 is 0 Å². The molecule has 1 aliphatic rings. The first-order valence-electron chi connectivity index (χ1n) is 7.53. The lowest BCUT2D eigenvalue weighted by molar-refractivity contribution is -0.117. The average Bonchev–Trinajstić information content (AvgIpc) is 3.03. The topological polar surface area (TPSA) is 129 Å². The number of H-pyrrole nitrogens is 1. The zero-order chi connectivity index (χ0) is 18.4. The van der Waals surface area contributed by atoms with Crippen molar-refractivity contribution in [3.8, 4) is 5.75 Å². The van der Waals surface area contributed by atoms with Crippen LogP contribution in [0.5, 0.6) is 5.75 Å². The third-order valence-electron chi connectivity index (χ3n) is 3.57. The number of nitrogens with one attached hydrogen (secondary N) is 2. The Kier molecular flexibility index (Phi) is 4.07. The summed E-state index contributed by atoms with van der Waals surface area (Å²) in [6, 6.07) is 4.18. The van der Waals surface area contributed by atoms with E-state index in [1.807, 2.05) is 18.6 Å². The molecular weight excluding hydrogens is 350 g/mol. The molecule has 0 atom stereocenters. The number of phenolic OH excluding ortho intramolecular Hbond substituents is 1. The van der Waals surface area contributed by atoms with Crippen LogP contribution in [0.25, 0.3) is 10.9 Å². The second-order valence-electron chi connectivity index (χ2n) is 6.14. The number of aromatic hydroxyl groups is 1. The van der Waals surface area contributed by atoms with Crippen molar-refractivity contribution in [1.82, 2.24) is 9.71 Å². The number of phenols is 1. The van der Waals surface area contributed by atoms with Gasteiger partial charge in [-0.3, -0.25) is 4.79 Å². The highest BCUT2D eigenvalue weighted by molar-refractivity contribution is 7.92. The molecule has 0 saturated carbocycles. The highest BCUT2D eigenvalue weighted by Crippen LogP contribution is 2.34. The number of aromatic amines is 1. The number of hydrogen-bond acceptors (Lipinski definition) is 6. The fourth-order valence-electron chi connectivity index (χ4n) is 2.45. The van der Waals surface area contributed by atoms with Gasteiger partial charge in [0.05, 0.1) is 12.3 Å². The quantitative estimate of drug-likeness (QED) is 0.688. The van der Waals surface area contributed by atoms with Gasteiger partial charge in [-0.1, -0.05) is 13.8 Å². The van der Waals surface area contributed by atoms with E-state index in [1.54, 1.807) is 0 Å². The van der Waals surface area contributed by atoms with Crippen molar-refractivity contribution in [2.24, 2.45) is 5.92 Å². The molecule has 1 aliphatic heterocycles. The molecule has 0 spiro atoms. The zero-order valence-electron chi connectivity index (χ0n) is 13.6. The second kappa shape index (κ2) is 5.96. The molecule has 0 unspecified atom stereocenters. The molecule has 10 heteroatoms. The molecule has 0 aliphatic carbocycles. The van der Waals surface area contributed by atoms with E-state index < -0.39 is 28.6 Å². The molecule has 0 radical (unpaired) electrons.